The summed E-state index contributed by atoms with van der Waals surface area (Å²) in [6.07, 6.45) is 3.60. The first-order valence-corrected chi connectivity index (χ1v) is 8.25. The Morgan fingerprint density at radius 2 is 1.62 bits per heavy atom. The molecule has 1 aliphatic heterocycles. The average Bonchev–Trinajstić information content (AvgIpc) is 2.66. The lowest BCUT2D eigenvalue weighted by molar-refractivity contribution is 0.119. The Balaban J connectivity index is 1.74. The molecule has 0 spiro atoms. The zero-order valence-corrected chi connectivity index (χ0v) is 13.7. The number of nitrogens with one attached hydrogen (secondary N) is 1. The van der Waals surface area contributed by atoms with Gasteiger partial charge >= 0.3 is 6.03 Å². The number of nitrogens with zero attached hydrogens (tertiary/aromatic N) is 1. The van der Waals surface area contributed by atoms with Crippen molar-refractivity contribution in [1.29, 1.82) is 0 Å². The summed E-state index contributed by atoms with van der Waals surface area (Å²) >= 11 is 0. The van der Waals surface area contributed by atoms with Crippen LogP contribution in [0.1, 0.15) is 18.4 Å². The van der Waals surface area contributed by atoms with Crippen molar-refractivity contribution in [2.45, 2.75) is 19.4 Å². The third-order valence-corrected chi connectivity index (χ3v) is 4.03. The van der Waals surface area contributed by atoms with Crippen molar-refractivity contribution in [1.82, 2.24) is 5.32 Å². The van der Waals surface area contributed by atoms with Crippen LogP contribution in [0.2, 0.25) is 0 Å². The number of rotatable bonds is 4. The first-order valence-electron chi connectivity index (χ1n) is 8.25. The van der Waals surface area contributed by atoms with Crippen molar-refractivity contribution in [3.63, 3.8) is 0 Å². The van der Waals surface area contributed by atoms with Crippen LogP contribution in [0.15, 0.2) is 72.4 Å². The summed E-state index contributed by atoms with van der Waals surface area (Å²) in [6, 6.07) is 19.6. The summed E-state index contributed by atoms with van der Waals surface area (Å²) in [7, 11) is 0. The second kappa shape index (κ2) is 8.31. The fourth-order valence-electron chi connectivity index (χ4n) is 2.67. The molecule has 0 bridgehead atoms. The molecule has 3 rings (SSSR count). The van der Waals surface area contributed by atoms with E-state index < -0.39 is 0 Å². The fourth-order valence-corrected chi connectivity index (χ4v) is 2.67. The Morgan fingerprint density at radius 3 is 2.29 bits per heavy atom. The lowest BCUT2D eigenvalue weighted by atomic mass is 10.1. The van der Waals surface area contributed by atoms with Crippen LogP contribution in [-0.2, 0) is 11.3 Å². The van der Waals surface area contributed by atoms with E-state index in [1.54, 1.807) is 4.90 Å². The van der Waals surface area contributed by atoms with Gasteiger partial charge in [0.1, 0.15) is 0 Å². The van der Waals surface area contributed by atoms with Crippen LogP contribution in [0.3, 0.4) is 0 Å². The Bertz CT molecular complexity index is 675. The van der Waals surface area contributed by atoms with Gasteiger partial charge in [-0.3, -0.25) is 4.90 Å². The second-order valence-corrected chi connectivity index (χ2v) is 5.77. The van der Waals surface area contributed by atoms with Gasteiger partial charge in [-0.1, -0.05) is 48.5 Å². The summed E-state index contributed by atoms with van der Waals surface area (Å²) in [4.78, 5) is 14.5. The molecule has 1 saturated heterocycles. The highest BCUT2D eigenvalue weighted by Gasteiger charge is 2.15. The summed E-state index contributed by atoms with van der Waals surface area (Å²) in [5.41, 5.74) is 3.20. The molecule has 2 aromatic rings. The largest absolute Gasteiger partial charge is 0.381 e. The van der Waals surface area contributed by atoms with Crippen molar-refractivity contribution in [2.24, 2.45) is 0 Å². The molecular weight excluding hydrogens is 300 g/mol. The SMILES string of the molecule is O=C(NC=C1CCOCC1)N(Cc1ccccc1)c1ccccc1. The zero-order valence-electron chi connectivity index (χ0n) is 13.7. The molecule has 0 saturated carbocycles. The minimum absolute atomic E-state index is 0.121. The van der Waals surface area contributed by atoms with Gasteiger partial charge in [-0.2, -0.15) is 0 Å². The number of hydrogen-bond donors (Lipinski definition) is 1. The van der Waals surface area contributed by atoms with Gasteiger partial charge in [0.25, 0.3) is 0 Å². The molecule has 2 aromatic carbocycles. The molecule has 0 radical (unpaired) electrons. The lowest BCUT2D eigenvalue weighted by Crippen LogP contribution is -2.37. The van der Waals surface area contributed by atoms with E-state index in [0.29, 0.717) is 6.54 Å². The van der Waals surface area contributed by atoms with Gasteiger partial charge in [0.05, 0.1) is 19.8 Å². The molecule has 24 heavy (non-hydrogen) atoms. The van der Waals surface area contributed by atoms with E-state index >= 15 is 0 Å². The smallest absolute Gasteiger partial charge is 0.326 e. The zero-order chi connectivity index (χ0) is 16.6. The second-order valence-electron chi connectivity index (χ2n) is 5.77. The van der Waals surface area contributed by atoms with Gasteiger partial charge in [0.2, 0.25) is 0 Å². The van der Waals surface area contributed by atoms with Crippen molar-refractivity contribution >= 4 is 11.7 Å². The minimum atomic E-state index is -0.121. The topological polar surface area (TPSA) is 41.6 Å². The van der Waals surface area contributed by atoms with Gasteiger partial charge in [0.15, 0.2) is 0 Å². The molecule has 1 heterocycles. The van der Waals surface area contributed by atoms with Crippen molar-refractivity contribution < 1.29 is 9.53 Å². The highest BCUT2D eigenvalue weighted by molar-refractivity contribution is 5.92. The molecule has 0 aromatic heterocycles. The normalized spacial score (nSPS) is 14.1. The number of anilines is 1. The minimum Gasteiger partial charge on any atom is -0.381 e. The first-order chi connectivity index (χ1) is 11.8. The maximum atomic E-state index is 12.7. The molecule has 2 amide bonds. The molecule has 4 heteroatoms. The van der Waals surface area contributed by atoms with Gasteiger partial charge in [-0.25, -0.2) is 4.79 Å². The summed E-state index contributed by atoms with van der Waals surface area (Å²) in [5.74, 6) is 0. The Hall–Kier alpha value is -2.59. The molecule has 124 valence electrons. The quantitative estimate of drug-likeness (QED) is 0.921. The number of benzene rings is 2. The number of hydrogen-bond acceptors (Lipinski definition) is 2. The standard InChI is InChI=1S/C20H22N2O2/c23-20(21-15-17-11-13-24-14-12-17)22(19-9-5-2-6-10-19)16-18-7-3-1-4-8-18/h1-10,15H,11-14,16H2,(H,21,23). The maximum absolute atomic E-state index is 12.7. The van der Waals surface area contributed by atoms with Crippen LogP contribution in [0.5, 0.6) is 0 Å². The third-order valence-electron chi connectivity index (χ3n) is 4.03. The van der Waals surface area contributed by atoms with Crippen molar-refractivity contribution in [2.75, 3.05) is 18.1 Å². The number of amides is 2. The lowest BCUT2D eigenvalue weighted by Gasteiger charge is -2.23. The molecule has 0 unspecified atom stereocenters. The predicted molar refractivity (Wildman–Crippen MR) is 95.7 cm³/mol. The van der Waals surface area contributed by atoms with E-state index in [4.69, 9.17) is 4.74 Å². The number of carbonyl (C=O) groups excluding carboxylic acids is 1. The predicted octanol–water partition coefficient (Wildman–Crippen LogP) is 4.10. The van der Waals surface area contributed by atoms with Crippen LogP contribution in [0.4, 0.5) is 10.5 Å². The number of para-hydroxylation sites is 1. The van der Waals surface area contributed by atoms with E-state index in [0.717, 1.165) is 37.3 Å². The van der Waals surface area contributed by atoms with Gasteiger partial charge in [-0.15, -0.1) is 0 Å². The van der Waals surface area contributed by atoms with Crippen LogP contribution < -0.4 is 10.2 Å². The molecule has 4 nitrogen and oxygen atoms in total. The number of urea groups is 1. The van der Waals surface area contributed by atoms with E-state index in [1.807, 2.05) is 66.9 Å². The number of ether oxygens (including phenoxy) is 1. The molecular formula is C20H22N2O2. The van der Waals surface area contributed by atoms with Crippen LogP contribution in [0, 0.1) is 0 Å². The van der Waals surface area contributed by atoms with E-state index in [-0.39, 0.29) is 6.03 Å². The monoisotopic (exact) mass is 322 g/mol. The first kappa shape index (κ1) is 16.3. The number of carbonyl (C=O) groups is 1. The summed E-state index contributed by atoms with van der Waals surface area (Å²) < 4.78 is 5.34. The van der Waals surface area contributed by atoms with Crippen molar-refractivity contribution in [3.8, 4) is 0 Å². The van der Waals surface area contributed by atoms with E-state index in [9.17, 15) is 4.79 Å². The molecule has 0 aliphatic carbocycles. The molecule has 0 atom stereocenters. The van der Waals surface area contributed by atoms with Crippen LogP contribution in [0.25, 0.3) is 0 Å². The van der Waals surface area contributed by atoms with Gasteiger partial charge in [0, 0.05) is 11.9 Å². The third kappa shape index (κ3) is 4.46. The fraction of sp³-hybridized carbons (Fsp3) is 0.250. The van der Waals surface area contributed by atoms with E-state index in [2.05, 4.69) is 5.32 Å². The highest BCUT2D eigenvalue weighted by Crippen LogP contribution is 2.18. The Morgan fingerprint density at radius 1 is 1.00 bits per heavy atom. The Kier molecular flexibility index (Phi) is 5.64. The highest BCUT2D eigenvalue weighted by atomic mass is 16.5. The molecule has 1 fully saturated rings. The molecule has 1 aliphatic rings. The summed E-state index contributed by atoms with van der Waals surface area (Å²) in [5, 5.41) is 2.94. The summed E-state index contributed by atoms with van der Waals surface area (Å²) in [6.45, 7) is 1.99. The molecule has 1 N–H and O–H groups in total. The van der Waals surface area contributed by atoms with Crippen LogP contribution >= 0.6 is 0 Å². The van der Waals surface area contributed by atoms with Gasteiger partial charge in [-0.05, 0) is 36.1 Å². The average molecular weight is 322 g/mol. The Labute approximate surface area is 142 Å². The van der Waals surface area contributed by atoms with E-state index in [1.165, 1.54) is 5.57 Å². The maximum Gasteiger partial charge on any atom is 0.326 e. The van der Waals surface area contributed by atoms with Crippen molar-refractivity contribution in [3.05, 3.63) is 78.0 Å². The van der Waals surface area contributed by atoms with Gasteiger partial charge < -0.3 is 10.1 Å². The van der Waals surface area contributed by atoms with Crippen LogP contribution in [-0.4, -0.2) is 19.2 Å².